The van der Waals surface area contributed by atoms with Crippen LogP contribution in [0.25, 0.3) is 10.1 Å². The number of thiophene rings is 1. The standard InChI is InChI=1S/C25H26N2O4S/c1-17(2)13-20(31-24(29)22-14-19-11-7-8-12-21(19)32-22)23(28)27-25(3,16-26)30-15-18-9-5-4-6-10-18/h4-12,14,17,20H,13,15H2,1-3H3,(H,27,28). The van der Waals surface area contributed by atoms with Gasteiger partial charge in [-0.25, -0.2) is 4.79 Å². The van der Waals surface area contributed by atoms with Crippen molar-refractivity contribution in [3.05, 3.63) is 71.1 Å². The Bertz CT molecular complexity index is 1090. The Morgan fingerprint density at radius 2 is 1.81 bits per heavy atom. The molecule has 3 rings (SSSR count). The van der Waals surface area contributed by atoms with E-state index in [2.05, 4.69) is 5.32 Å². The highest BCUT2D eigenvalue weighted by Crippen LogP contribution is 2.26. The van der Waals surface area contributed by atoms with E-state index in [1.807, 2.05) is 74.5 Å². The van der Waals surface area contributed by atoms with Gasteiger partial charge in [-0.05, 0) is 42.3 Å². The number of nitrogens with one attached hydrogen (secondary N) is 1. The fraction of sp³-hybridized carbons (Fsp3) is 0.320. The van der Waals surface area contributed by atoms with Crippen LogP contribution in [0.4, 0.5) is 0 Å². The van der Waals surface area contributed by atoms with Crippen LogP contribution in [0.5, 0.6) is 0 Å². The molecule has 0 spiro atoms. The molecule has 0 aliphatic heterocycles. The second kappa shape index (κ2) is 10.4. The maximum absolute atomic E-state index is 13.0. The van der Waals surface area contributed by atoms with Crippen molar-refractivity contribution < 1.29 is 19.1 Å². The van der Waals surface area contributed by atoms with E-state index < -0.39 is 23.7 Å². The lowest BCUT2D eigenvalue weighted by Crippen LogP contribution is -2.51. The number of carbonyl (C=O) groups excluding carboxylic acids is 2. The fourth-order valence-electron chi connectivity index (χ4n) is 3.12. The van der Waals surface area contributed by atoms with Gasteiger partial charge in [0, 0.05) is 4.70 Å². The second-order valence-electron chi connectivity index (χ2n) is 8.08. The van der Waals surface area contributed by atoms with E-state index in [-0.39, 0.29) is 12.5 Å². The number of rotatable bonds is 9. The van der Waals surface area contributed by atoms with Gasteiger partial charge in [0.2, 0.25) is 5.72 Å². The molecule has 7 heteroatoms. The lowest BCUT2D eigenvalue weighted by atomic mass is 10.0. The molecule has 1 heterocycles. The number of benzene rings is 2. The van der Waals surface area contributed by atoms with Crippen LogP contribution in [0.2, 0.25) is 0 Å². The average Bonchev–Trinajstić information content (AvgIpc) is 3.22. The molecule has 32 heavy (non-hydrogen) atoms. The first-order valence-electron chi connectivity index (χ1n) is 10.4. The van der Waals surface area contributed by atoms with E-state index in [9.17, 15) is 14.9 Å². The van der Waals surface area contributed by atoms with Crippen LogP contribution in [0.1, 0.15) is 42.4 Å². The van der Waals surface area contributed by atoms with Crippen molar-refractivity contribution in [1.82, 2.24) is 5.32 Å². The zero-order valence-electron chi connectivity index (χ0n) is 18.3. The molecule has 1 N–H and O–H groups in total. The van der Waals surface area contributed by atoms with Gasteiger partial charge in [0.15, 0.2) is 6.10 Å². The third-order valence-corrected chi connectivity index (χ3v) is 5.90. The summed E-state index contributed by atoms with van der Waals surface area (Å²) in [4.78, 5) is 26.2. The molecule has 0 saturated heterocycles. The Morgan fingerprint density at radius 3 is 2.47 bits per heavy atom. The van der Waals surface area contributed by atoms with Crippen molar-refractivity contribution in [3.63, 3.8) is 0 Å². The van der Waals surface area contributed by atoms with E-state index in [0.29, 0.717) is 11.3 Å². The molecule has 2 aromatic carbocycles. The van der Waals surface area contributed by atoms with Crippen LogP contribution in [0.3, 0.4) is 0 Å². The fourth-order valence-corrected chi connectivity index (χ4v) is 4.07. The van der Waals surface area contributed by atoms with Crippen LogP contribution in [-0.4, -0.2) is 23.7 Å². The first-order valence-corrected chi connectivity index (χ1v) is 11.2. The summed E-state index contributed by atoms with van der Waals surface area (Å²) >= 11 is 1.32. The van der Waals surface area contributed by atoms with Gasteiger partial charge in [-0.2, -0.15) is 5.26 Å². The summed E-state index contributed by atoms with van der Waals surface area (Å²) in [6.45, 7) is 5.50. The van der Waals surface area contributed by atoms with Crippen LogP contribution in [-0.2, 0) is 20.9 Å². The highest BCUT2D eigenvalue weighted by atomic mass is 32.1. The average molecular weight is 451 g/mol. The van der Waals surface area contributed by atoms with E-state index in [0.717, 1.165) is 15.6 Å². The highest BCUT2D eigenvalue weighted by Gasteiger charge is 2.33. The van der Waals surface area contributed by atoms with Crippen LogP contribution in [0, 0.1) is 17.2 Å². The van der Waals surface area contributed by atoms with Crippen molar-refractivity contribution in [3.8, 4) is 6.07 Å². The number of nitriles is 1. The Kier molecular flexibility index (Phi) is 7.62. The smallest absolute Gasteiger partial charge is 0.349 e. The van der Waals surface area contributed by atoms with Gasteiger partial charge >= 0.3 is 5.97 Å². The monoisotopic (exact) mass is 450 g/mol. The minimum atomic E-state index is -1.56. The normalized spacial score (nSPS) is 13.8. The largest absolute Gasteiger partial charge is 0.448 e. The molecule has 1 aromatic heterocycles. The summed E-state index contributed by atoms with van der Waals surface area (Å²) in [7, 11) is 0. The van der Waals surface area contributed by atoms with Gasteiger partial charge in [-0.1, -0.05) is 62.4 Å². The topological polar surface area (TPSA) is 88.4 Å². The summed E-state index contributed by atoms with van der Waals surface area (Å²) < 4.78 is 12.2. The van der Waals surface area contributed by atoms with Crippen LogP contribution >= 0.6 is 11.3 Å². The van der Waals surface area contributed by atoms with Gasteiger partial charge in [0.1, 0.15) is 10.9 Å². The van der Waals surface area contributed by atoms with Gasteiger partial charge in [0.05, 0.1) is 6.61 Å². The molecule has 166 valence electrons. The van der Waals surface area contributed by atoms with Crippen LogP contribution < -0.4 is 5.32 Å². The summed E-state index contributed by atoms with van der Waals surface area (Å²) in [5.41, 5.74) is -0.690. The minimum Gasteiger partial charge on any atom is -0.448 e. The zero-order valence-corrected chi connectivity index (χ0v) is 19.1. The Labute approximate surface area is 191 Å². The minimum absolute atomic E-state index is 0.0968. The summed E-state index contributed by atoms with van der Waals surface area (Å²) in [5.74, 6) is -1.03. The maximum atomic E-state index is 13.0. The predicted molar refractivity (Wildman–Crippen MR) is 124 cm³/mol. The zero-order chi connectivity index (χ0) is 23.1. The molecule has 6 nitrogen and oxygen atoms in total. The van der Waals surface area contributed by atoms with E-state index in [1.54, 1.807) is 6.07 Å². The summed E-state index contributed by atoms with van der Waals surface area (Å²) in [5, 5.41) is 13.2. The quantitative estimate of drug-likeness (QED) is 0.364. The molecule has 1 amide bonds. The SMILES string of the molecule is CC(C)CC(OC(=O)c1cc2ccccc2s1)C(=O)NC(C)(C#N)OCc1ccccc1. The number of hydrogen-bond acceptors (Lipinski definition) is 6. The number of carbonyl (C=O) groups is 2. The molecule has 0 radical (unpaired) electrons. The van der Waals surface area contributed by atoms with E-state index in [4.69, 9.17) is 9.47 Å². The number of fused-ring (bicyclic) bond motifs is 1. The van der Waals surface area contributed by atoms with Crippen molar-refractivity contribution in [2.75, 3.05) is 0 Å². The molecule has 0 fully saturated rings. The Morgan fingerprint density at radius 1 is 1.12 bits per heavy atom. The third kappa shape index (κ3) is 6.16. The number of esters is 1. The number of nitrogens with zero attached hydrogens (tertiary/aromatic N) is 1. The molecule has 0 aliphatic rings. The Balaban J connectivity index is 1.70. The van der Waals surface area contributed by atoms with E-state index >= 15 is 0 Å². The van der Waals surface area contributed by atoms with Crippen LogP contribution in [0.15, 0.2) is 60.7 Å². The summed E-state index contributed by atoms with van der Waals surface area (Å²) in [6, 6.07) is 20.8. The van der Waals surface area contributed by atoms with Crippen molar-refractivity contribution >= 4 is 33.3 Å². The number of hydrogen-bond donors (Lipinski definition) is 1. The number of amides is 1. The van der Waals surface area contributed by atoms with Gasteiger partial charge in [0.25, 0.3) is 5.91 Å². The highest BCUT2D eigenvalue weighted by molar-refractivity contribution is 7.20. The molecule has 0 saturated carbocycles. The molecule has 0 bridgehead atoms. The van der Waals surface area contributed by atoms with E-state index in [1.165, 1.54) is 18.3 Å². The second-order valence-corrected chi connectivity index (χ2v) is 9.16. The molecule has 3 aromatic rings. The van der Waals surface area contributed by atoms with Gasteiger partial charge < -0.3 is 14.8 Å². The lowest BCUT2D eigenvalue weighted by Gasteiger charge is -2.27. The maximum Gasteiger partial charge on any atom is 0.349 e. The Hall–Kier alpha value is -3.21. The molecular weight excluding hydrogens is 424 g/mol. The first-order chi connectivity index (χ1) is 15.3. The lowest BCUT2D eigenvalue weighted by molar-refractivity contribution is -0.138. The van der Waals surface area contributed by atoms with Gasteiger partial charge in [-0.15, -0.1) is 11.3 Å². The predicted octanol–water partition coefficient (Wildman–Crippen LogP) is 5.05. The van der Waals surface area contributed by atoms with Crippen molar-refractivity contribution in [2.45, 2.75) is 45.6 Å². The molecule has 2 atom stereocenters. The summed E-state index contributed by atoms with van der Waals surface area (Å²) in [6.07, 6.45) is -0.719. The molecule has 2 unspecified atom stereocenters. The molecule has 0 aliphatic carbocycles. The molecular formula is C25H26N2O4S. The number of ether oxygens (including phenoxy) is 2. The third-order valence-electron chi connectivity index (χ3n) is 4.80. The van der Waals surface area contributed by atoms with Crippen molar-refractivity contribution in [1.29, 1.82) is 5.26 Å². The van der Waals surface area contributed by atoms with Gasteiger partial charge in [-0.3, -0.25) is 4.79 Å². The first kappa shape index (κ1) is 23.5. The van der Waals surface area contributed by atoms with Crippen molar-refractivity contribution in [2.24, 2.45) is 5.92 Å².